The third kappa shape index (κ3) is 7.65. The van der Waals surface area contributed by atoms with Gasteiger partial charge in [0.1, 0.15) is 6.10 Å². The van der Waals surface area contributed by atoms with E-state index in [-0.39, 0.29) is 16.2 Å². The van der Waals surface area contributed by atoms with Gasteiger partial charge in [-0.3, -0.25) is 4.79 Å². The van der Waals surface area contributed by atoms with E-state index in [1.807, 2.05) is 18.2 Å². The van der Waals surface area contributed by atoms with Gasteiger partial charge in [0.25, 0.3) is 0 Å². The van der Waals surface area contributed by atoms with Crippen LogP contribution in [-0.2, 0) is 4.79 Å². The minimum absolute atomic E-state index is 0.0525. The molecule has 0 aliphatic heterocycles. The van der Waals surface area contributed by atoms with Crippen LogP contribution in [0, 0.1) is 0 Å². The van der Waals surface area contributed by atoms with Crippen molar-refractivity contribution in [2.24, 2.45) is 4.99 Å². The summed E-state index contributed by atoms with van der Waals surface area (Å²) in [5.74, 6) is -0.393. The number of ketones is 1. The number of hydrogen-bond acceptors (Lipinski definition) is 5. The highest BCUT2D eigenvalue weighted by Gasteiger charge is 2.23. The minimum atomic E-state index is -0.806. The standard InChI is InChI=1S/C13H14Cl2O2.C12H9Cl2NO2/c14-11-6-9(7-12(15)13(11)17)5-8-1-3-10(16)4-2-8;13-10-5-8(6-11(14)12(10)17)15-7-1-3-9(16)4-2-7/h1-3,6-7,10-11,13,16-17H,4-5H2;1-3,5-6,9,16H,4H2. The Labute approximate surface area is 218 Å². The third-order valence-electron chi connectivity index (χ3n) is 5.14. The fourth-order valence-electron chi connectivity index (χ4n) is 3.33. The van der Waals surface area contributed by atoms with E-state index in [4.69, 9.17) is 46.4 Å². The molecule has 0 radical (unpaired) electrons. The fourth-order valence-corrected chi connectivity index (χ4v) is 4.44. The Hall–Kier alpha value is -1.70. The number of hydrogen-bond donors (Lipinski definition) is 3. The van der Waals surface area contributed by atoms with Crippen molar-refractivity contribution in [2.75, 3.05) is 0 Å². The molecule has 0 spiro atoms. The van der Waals surface area contributed by atoms with Crippen molar-refractivity contribution in [1.82, 2.24) is 0 Å². The molecule has 0 amide bonds. The molecule has 0 aromatic heterocycles. The molecule has 0 aromatic carbocycles. The monoisotopic (exact) mass is 541 g/mol. The summed E-state index contributed by atoms with van der Waals surface area (Å²) in [4.78, 5) is 15.6. The number of alkyl halides is 1. The van der Waals surface area contributed by atoms with Crippen LogP contribution >= 0.6 is 46.4 Å². The number of aliphatic hydroxyl groups excluding tert-OH is 3. The number of rotatable bonds is 3. The molecule has 4 aliphatic carbocycles. The first-order chi connectivity index (χ1) is 16.1. The number of allylic oxidation sites excluding steroid dienone is 9. The van der Waals surface area contributed by atoms with Crippen LogP contribution in [0.5, 0.6) is 0 Å². The summed E-state index contributed by atoms with van der Waals surface area (Å²) in [6.07, 6.45) is 17.6. The van der Waals surface area contributed by atoms with E-state index in [0.29, 0.717) is 29.3 Å². The molecule has 0 heterocycles. The molecule has 0 saturated heterocycles. The van der Waals surface area contributed by atoms with E-state index in [9.17, 15) is 20.1 Å². The maximum atomic E-state index is 11.3. The Morgan fingerprint density at radius 1 is 0.882 bits per heavy atom. The highest BCUT2D eigenvalue weighted by molar-refractivity contribution is 6.57. The summed E-state index contributed by atoms with van der Waals surface area (Å²) in [6.45, 7) is 0. The van der Waals surface area contributed by atoms with Gasteiger partial charge in [-0.2, -0.15) is 0 Å². The van der Waals surface area contributed by atoms with E-state index in [0.717, 1.165) is 17.6 Å². The summed E-state index contributed by atoms with van der Waals surface area (Å²) >= 11 is 23.3. The first-order valence-electron chi connectivity index (χ1n) is 10.5. The lowest BCUT2D eigenvalue weighted by molar-refractivity contribution is -0.111. The second-order valence-corrected chi connectivity index (χ2v) is 9.67. The lowest BCUT2D eigenvalue weighted by Crippen LogP contribution is -2.22. The minimum Gasteiger partial charge on any atom is -0.389 e. The number of aliphatic hydroxyl groups is 3. The normalized spacial score (nSPS) is 28.6. The van der Waals surface area contributed by atoms with Crippen LogP contribution in [0.15, 0.2) is 97.7 Å². The summed E-state index contributed by atoms with van der Waals surface area (Å²) in [5.41, 5.74) is 3.35. The average Bonchev–Trinajstić information content (AvgIpc) is 2.79. The maximum absolute atomic E-state index is 11.3. The Morgan fingerprint density at radius 2 is 1.50 bits per heavy atom. The van der Waals surface area contributed by atoms with Gasteiger partial charge in [-0.25, -0.2) is 4.99 Å². The second kappa shape index (κ2) is 12.3. The molecule has 4 atom stereocenters. The van der Waals surface area contributed by atoms with Crippen LogP contribution in [0.2, 0.25) is 0 Å². The van der Waals surface area contributed by atoms with E-state index in [2.05, 4.69) is 4.99 Å². The predicted octanol–water partition coefficient (Wildman–Crippen LogP) is 5.11. The van der Waals surface area contributed by atoms with Crippen molar-refractivity contribution in [3.63, 3.8) is 0 Å². The molecule has 4 rings (SSSR count). The molecule has 0 aromatic rings. The summed E-state index contributed by atoms with van der Waals surface area (Å²) in [6, 6.07) is 0. The van der Waals surface area contributed by atoms with Gasteiger partial charge in [0.05, 0.1) is 39.1 Å². The number of halogens is 4. The molecule has 0 bridgehead atoms. The van der Waals surface area contributed by atoms with Crippen LogP contribution < -0.4 is 0 Å². The Morgan fingerprint density at radius 3 is 2.03 bits per heavy atom. The largest absolute Gasteiger partial charge is 0.389 e. The predicted molar refractivity (Wildman–Crippen MR) is 138 cm³/mol. The van der Waals surface area contributed by atoms with Gasteiger partial charge < -0.3 is 15.3 Å². The van der Waals surface area contributed by atoms with Crippen molar-refractivity contribution in [2.45, 2.75) is 43.0 Å². The van der Waals surface area contributed by atoms with Gasteiger partial charge >= 0.3 is 0 Å². The Bertz CT molecular complexity index is 1080. The summed E-state index contributed by atoms with van der Waals surface area (Å²) in [5, 5.41) is 28.2. The number of Topliss-reactive ketones (excluding diaryl/α,β-unsaturated/α-hetero) is 1. The average molecular weight is 543 g/mol. The Kier molecular flexibility index (Phi) is 9.74. The molecule has 0 saturated carbocycles. The summed E-state index contributed by atoms with van der Waals surface area (Å²) < 4.78 is 0. The molecule has 4 unspecified atom stereocenters. The second-order valence-electron chi connectivity index (χ2n) is 7.92. The van der Waals surface area contributed by atoms with Gasteiger partial charge in [0.15, 0.2) is 0 Å². The highest BCUT2D eigenvalue weighted by Crippen LogP contribution is 2.29. The van der Waals surface area contributed by atoms with Crippen LogP contribution in [0.3, 0.4) is 0 Å². The molecule has 4 aliphatic rings. The van der Waals surface area contributed by atoms with Gasteiger partial charge in [0.2, 0.25) is 5.78 Å². The van der Waals surface area contributed by atoms with E-state index >= 15 is 0 Å². The topological polar surface area (TPSA) is 90.1 Å². The molecule has 34 heavy (non-hydrogen) atoms. The Balaban J connectivity index is 0.000000191. The zero-order chi connectivity index (χ0) is 24.8. The van der Waals surface area contributed by atoms with E-state index in [1.165, 1.54) is 12.2 Å². The maximum Gasteiger partial charge on any atom is 0.215 e. The van der Waals surface area contributed by atoms with Crippen LogP contribution in [0.1, 0.15) is 19.3 Å². The van der Waals surface area contributed by atoms with E-state index < -0.39 is 23.4 Å². The molecular weight excluding hydrogens is 520 g/mol. The quantitative estimate of drug-likeness (QED) is 0.341. The number of carbonyl (C=O) groups excluding carboxylic acids is 1. The van der Waals surface area contributed by atoms with Gasteiger partial charge in [0, 0.05) is 5.03 Å². The van der Waals surface area contributed by atoms with E-state index in [1.54, 1.807) is 30.4 Å². The van der Waals surface area contributed by atoms with Crippen LogP contribution in [-0.4, -0.2) is 50.5 Å². The molecule has 0 fully saturated rings. The smallest absolute Gasteiger partial charge is 0.215 e. The number of nitrogens with zero attached hydrogens (tertiary/aromatic N) is 1. The highest BCUT2D eigenvalue weighted by atomic mass is 35.5. The molecule has 3 N–H and O–H groups in total. The van der Waals surface area contributed by atoms with Crippen molar-refractivity contribution in [3.05, 3.63) is 92.7 Å². The van der Waals surface area contributed by atoms with Crippen molar-refractivity contribution < 1.29 is 20.1 Å². The third-order valence-corrected chi connectivity index (χ3v) is 6.40. The van der Waals surface area contributed by atoms with Crippen molar-refractivity contribution in [3.8, 4) is 0 Å². The van der Waals surface area contributed by atoms with Crippen LogP contribution in [0.25, 0.3) is 0 Å². The lowest BCUT2D eigenvalue weighted by atomic mass is 9.94. The van der Waals surface area contributed by atoms with Crippen molar-refractivity contribution >= 4 is 57.9 Å². The van der Waals surface area contributed by atoms with Crippen molar-refractivity contribution in [1.29, 1.82) is 0 Å². The molecule has 180 valence electrons. The fraction of sp³-hybridized carbons (Fsp3) is 0.280. The summed E-state index contributed by atoms with van der Waals surface area (Å²) in [7, 11) is 0. The number of aliphatic imine (C=N–C) groups is 1. The van der Waals surface area contributed by atoms with Gasteiger partial charge in [-0.15, -0.1) is 11.6 Å². The SMILES string of the molecule is O=C1C(Cl)=CC(=NC2=CCC(O)C=C2)C=C1Cl.OC1C=CC(CC2=CC(Cl)C(O)C(Cl)=C2)=CC1. The lowest BCUT2D eigenvalue weighted by Gasteiger charge is -2.20. The molecule has 5 nitrogen and oxygen atoms in total. The van der Waals surface area contributed by atoms with Gasteiger partial charge in [-0.05, 0) is 54.7 Å². The molecule has 9 heteroatoms. The first kappa shape index (κ1) is 26.9. The molecular formula is C25H23Cl4NO4. The first-order valence-corrected chi connectivity index (χ1v) is 12.1. The number of carbonyl (C=O) groups is 1. The zero-order valence-electron chi connectivity index (χ0n) is 17.9. The van der Waals surface area contributed by atoms with Crippen LogP contribution in [0.4, 0.5) is 0 Å². The van der Waals surface area contributed by atoms with Gasteiger partial charge in [-0.1, -0.05) is 71.3 Å². The zero-order valence-corrected chi connectivity index (χ0v) is 20.9.